The summed E-state index contributed by atoms with van der Waals surface area (Å²) in [6.07, 6.45) is 2.24. The minimum Gasteiger partial charge on any atom is -0.297 e. The number of carbonyl (C=O) groups excluding carboxylic acids is 1. The Hall–Kier alpha value is 0.120. The van der Waals surface area contributed by atoms with Gasteiger partial charge in [-0.05, 0) is 12.8 Å². The summed E-state index contributed by atoms with van der Waals surface area (Å²) in [6, 6.07) is 2.25. The highest BCUT2D eigenvalue weighted by Gasteiger charge is 2.74. The third-order valence-corrected chi connectivity index (χ3v) is 7.89. The number of halogens is 2. The number of carbonyl (C=O) groups is 1. The summed E-state index contributed by atoms with van der Waals surface area (Å²) < 4.78 is -0.437. The zero-order valence-electron chi connectivity index (χ0n) is 8.81. The van der Waals surface area contributed by atoms with Crippen molar-refractivity contribution in [1.82, 2.24) is 0 Å². The number of hydrogen-bond donors (Lipinski definition) is 0. The summed E-state index contributed by atoms with van der Waals surface area (Å²) in [4.78, 5) is 12.4. The van der Waals surface area contributed by atoms with Gasteiger partial charge in [0.1, 0.15) is 0 Å². The molecule has 3 atom stereocenters. The van der Waals surface area contributed by atoms with Gasteiger partial charge < -0.3 is 0 Å². The van der Waals surface area contributed by atoms with Crippen molar-refractivity contribution in [3.8, 4) is 6.07 Å². The van der Waals surface area contributed by atoms with Gasteiger partial charge in [0.2, 0.25) is 0 Å². The lowest BCUT2D eigenvalue weighted by Gasteiger charge is -2.40. The summed E-state index contributed by atoms with van der Waals surface area (Å²) >= 11 is 7.24. The van der Waals surface area contributed by atoms with Crippen molar-refractivity contribution in [3.63, 3.8) is 0 Å². The highest BCUT2D eigenvalue weighted by molar-refractivity contribution is 9.13. The number of rotatable bonds is 1. The lowest BCUT2D eigenvalue weighted by molar-refractivity contribution is -0.131. The second-order valence-electron chi connectivity index (χ2n) is 5.17. The van der Waals surface area contributed by atoms with Crippen LogP contribution in [0.25, 0.3) is 0 Å². The van der Waals surface area contributed by atoms with E-state index in [2.05, 4.69) is 37.9 Å². The number of hydrogen-bond acceptors (Lipinski definition) is 2. The molecule has 2 saturated carbocycles. The monoisotopic (exact) mass is 333 g/mol. The molecule has 2 bridgehead atoms. The van der Waals surface area contributed by atoms with E-state index in [0.29, 0.717) is 6.42 Å². The number of Topliss-reactive ketones (excluding diaryl/α,β-unsaturated/α-hetero) is 1. The zero-order chi connectivity index (χ0) is 11.5. The number of alkyl halides is 2. The average molecular weight is 335 g/mol. The molecular formula is C11H13Br2NO. The lowest BCUT2D eigenvalue weighted by Crippen LogP contribution is -2.42. The first-order chi connectivity index (χ1) is 6.83. The van der Waals surface area contributed by atoms with E-state index in [1.165, 1.54) is 0 Å². The summed E-state index contributed by atoms with van der Waals surface area (Å²) in [5, 5.41) is 8.96. The van der Waals surface area contributed by atoms with E-state index in [4.69, 9.17) is 5.26 Å². The Bertz CT molecular complexity index is 373. The molecule has 4 heteroatoms. The van der Waals surface area contributed by atoms with Crippen molar-refractivity contribution < 1.29 is 4.79 Å². The van der Waals surface area contributed by atoms with Gasteiger partial charge in [0.25, 0.3) is 0 Å². The molecule has 2 rings (SSSR count). The van der Waals surface area contributed by atoms with Gasteiger partial charge in [0.15, 0.2) is 5.78 Å². The van der Waals surface area contributed by atoms with Crippen LogP contribution in [0.1, 0.15) is 33.1 Å². The molecule has 0 aromatic heterocycles. The molecule has 2 aliphatic rings. The van der Waals surface area contributed by atoms with Crippen molar-refractivity contribution in [3.05, 3.63) is 0 Å². The number of fused-ring (bicyclic) bond motifs is 2. The molecule has 0 aromatic carbocycles. The quantitative estimate of drug-likeness (QED) is 0.691. The fourth-order valence-electron chi connectivity index (χ4n) is 3.24. The third-order valence-electron chi connectivity index (χ3n) is 4.41. The second-order valence-corrected chi connectivity index (χ2v) is 7.50. The highest BCUT2D eigenvalue weighted by Crippen LogP contribution is 2.70. The molecule has 2 aliphatic carbocycles. The van der Waals surface area contributed by atoms with Crippen LogP contribution in [0.3, 0.4) is 0 Å². The van der Waals surface area contributed by atoms with E-state index in [1.54, 1.807) is 0 Å². The molecular weight excluding hydrogens is 322 g/mol. The molecule has 0 unspecified atom stereocenters. The maximum absolute atomic E-state index is 12.3. The fourth-order valence-corrected chi connectivity index (χ4v) is 5.77. The Morgan fingerprint density at radius 2 is 2.13 bits per heavy atom. The van der Waals surface area contributed by atoms with Gasteiger partial charge in [0.05, 0.1) is 10.4 Å². The summed E-state index contributed by atoms with van der Waals surface area (Å²) in [5.74, 6) is 0.248. The zero-order valence-corrected chi connectivity index (χ0v) is 12.0. The number of ketones is 1. The van der Waals surface area contributed by atoms with E-state index >= 15 is 0 Å². The topological polar surface area (TPSA) is 40.9 Å². The largest absolute Gasteiger partial charge is 0.297 e. The van der Waals surface area contributed by atoms with Gasteiger partial charge in [-0.3, -0.25) is 4.79 Å². The maximum atomic E-state index is 12.3. The first-order valence-corrected chi connectivity index (χ1v) is 6.79. The number of nitrogens with zero attached hydrogens (tertiary/aromatic N) is 1. The lowest BCUT2D eigenvalue weighted by atomic mass is 9.63. The van der Waals surface area contributed by atoms with Crippen LogP contribution in [0.2, 0.25) is 0 Å². The van der Waals surface area contributed by atoms with Crippen LogP contribution in [0, 0.1) is 22.2 Å². The molecule has 0 amide bonds. The normalized spacial score (nSPS) is 46.9. The van der Waals surface area contributed by atoms with Crippen molar-refractivity contribution in [1.29, 1.82) is 5.26 Å². The Morgan fingerprint density at radius 1 is 1.53 bits per heavy atom. The first kappa shape index (κ1) is 11.6. The van der Waals surface area contributed by atoms with Crippen molar-refractivity contribution in [2.24, 2.45) is 10.8 Å². The molecule has 0 radical (unpaired) electrons. The molecule has 82 valence electrons. The van der Waals surface area contributed by atoms with Crippen molar-refractivity contribution in [2.45, 2.75) is 42.3 Å². The second kappa shape index (κ2) is 3.07. The third kappa shape index (κ3) is 1.07. The molecule has 2 fully saturated rings. The fraction of sp³-hybridized carbons (Fsp3) is 0.818. The summed E-state index contributed by atoms with van der Waals surface area (Å²) in [5.41, 5.74) is -0.596. The smallest absolute Gasteiger partial charge is 0.156 e. The standard InChI is InChI=1S/C11H13Br2NO/c1-9(2)8(15)11(13)4-3-10(9,5-6-14)7(11)12/h7H,3-5H2,1-2H3/t7-,10+,11-/m1/s1. The van der Waals surface area contributed by atoms with Crippen LogP contribution in [0.5, 0.6) is 0 Å². The minimum absolute atomic E-state index is 0.0830. The highest BCUT2D eigenvalue weighted by atomic mass is 79.9. The number of nitriles is 1. The van der Waals surface area contributed by atoms with Crippen molar-refractivity contribution >= 4 is 37.6 Å². The van der Waals surface area contributed by atoms with Crippen LogP contribution in [-0.4, -0.2) is 14.9 Å². The van der Waals surface area contributed by atoms with Crippen molar-refractivity contribution in [2.75, 3.05) is 0 Å². The molecule has 0 N–H and O–H groups in total. The predicted octanol–water partition coefficient (Wildman–Crippen LogP) is 3.19. The van der Waals surface area contributed by atoms with E-state index in [0.717, 1.165) is 12.8 Å². The van der Waals surface area contributed by atoms with Gasteiger partial charge in [-0.2, -0.15) is 5.26 Å². The van der Waals surface area contributed by atoms with Gasteiger partial charge in [0, 0.05) is 22.1 Å². The molecule has 0 saturated heterocycles. The summed E-state index contributed by atoms with van der Waals surface area (Å²) in [7, 11) is 0. The first-order valence-electron chi connectivity index (χ1n) is 5.08. The summed E-state index contributed by atoms with van der Waals surface area (Å²) in [6.45, 7) is 3.95. The van der Waals surface area contributed by atoms with E-state index in [9.17, 15) is 4.79 Å². The van der Waals surface area contributed by atoms with Crippen LogP contribution >= 0.6 is 31.9 Å². The molecule has 0 spiro atoms. The van der Waals surface area contributed by atoms with Crippen LogP contribution in [0.15, 0.2) is 0 Å². The molecule has 0 heterocycles. The minimum atomic E-state index is -0.437. The Morgan fingerprint density at radius 3 is 2.53 bits per heavy atom. The van der Waals surface area contributed by atoms with Gasteiger partial charge in [-0.15, -0.1) is 0 Å². The Labute approximate surface area is 107 Å². The van der Waals surface area contributed by atoms with Crippen LogP contribution in [0.4, 0.5) is 0 Å². The Kier molecular flexibility index (Phi) is 2.38. The van der Waals surface area contributed by atoms with Gasteiger partial charge >= 0.3 is 0 Å². The molecule has 2 nitrogen and oxygen atoms in total. The molecule has 15 heavy (non-hydrogen) atoms. The Balaban J connectivity index is 2.57. The average Bonchev–Trinajstić information content (AvgIpc) is 2.48. The maximum Gasteiger partial charge on any atom is 0.156 e. The van der Waals surface area contributed by atoms with Crippen LogP contribution < -0.4 is 0 Å². The molecule has 0 aromatic rings. The molecule has 0 aliphatic heterocycles. The predicted molar refractivity (Wildman–Crippen MR) is 65.1 cm³/mol. The SMILES string of the molecule is CC1(C)C(=O)[C@@]2(Br)CC[C@]1(CC#N)[C@H]2Br. The van der Waals surface area contributed by atoms with Crippen LogP contribution in [-0.2, 0) is 4.79 Å². The van der Waals surface area contributed by atoms with Gasteiger partial charge in [-0.25, -0.2) is 0 Å². The van der Waals surface area contributed by atoms with Gasteiger partial charge in [-0.1, -0.05) is 45.7 Å². The van der Waals surface area contributed by atoms with E-state index in [-0.39, 0.29) is 16.0 Å². The van der Waals surface area contributed by atoms with E-state index in [1.807, 2.05) is 13.8 Å². The van der Waals surface area contributed by atoms with E-state index < -0.39 is 9.74 Å².